The molecule has 3 rings (SSSR count). The zero-order valence-electron chi connectivity index (χ0n) is 16.1. The van der Waals surface area contributed by atoms with Crippen molar-refractivity contribution in [2.75, 3.05) is 32.1 Å². The number of morpholine rings is 1. The summed E-state index contributed by atoms with van der Waals surface area (Å²) in [4.78, 5) is 18.6. The Morgan fingerprint density at radius 2 is 2.18 bits per heavy atom. The van der Waals surface area contributed by atoms with E-state index >= 15 is 0 Å². The molecule has 1 aromatic heterocycles. The number of aryl methyl sites for hydroxylation is 1. The summed E-state index contributed by atoms with van der Waals surface area (Å²) < 4.78 is 11.5. The van der Waals surface area contributed by atoms with E-state index in [2.05, 4.69) is 23.2 Å². The molecule has 2 aromatic rings. The van der Waals surface area contributed by atoms with Gasteiger partial charge in [0.25, 0.3) is 0 Å². The lowest BCUT2D eigenvalue weighted by Crippen LogP contribution is -2.47. The fraction of sp³-hybridized carbons (Fsp3) is 0.364. The van der Waals surface area contributed by atoms with Gasteiger partial charge in [-0.15, -0.1) is 11.8 Å². The molecule has 148 valence electrons. The summed E-state index contributed by atoms with van der Waals surface area (Å²) in [6.07, 6.45) is 4.20. The highest BCUT2D eigenvalue weighted by Gasteiger charge is 2.24. The van der Waals surface area contributed by atoms with Crippen LogP contribution in [0.1, 0.15) is 17.7 Å². The van der Waals surface area contributed by atoms with E-state index in [0.29, 0.717) is 32.7 Å². The van der Waals surface area contributed by atoms with Crippen LogP contribution in [0.2, 0.25) is 0 Å². The molecule has 1 aromatic carbocycles. The molecule has 1 aliphatic rings. The van der Waals surface area contributed by atoms with Crippen LogP contribution in [0.4, 0.5) is 0 Å². The summed E-state index contributed by atoms with van der Waals surface area (Å²) in [7, 11) is 0. The maximum Gasteiger partial charge on any atom is 0.223 e. The number of ether oxygens (including phenoxy) is 2. The Labute approximate surface area is 170 Å². The minimum absolute atomic E-state index is 0.107. The SMILES string of the molecule is Cc1ccc(OCC2CN(C(=O)CCSC=Cc3ccccc3)CCO2)cn1. The number of hydrogen-bond acceptors (Lipinski definition) is 5. The summed E-state index contributed by atoms with van der Waals surface area (Å²) in [5, 5.41) is 2.05. The molecule has 0 spiro atoms. The highest BCUT2D eigenvalue weighted by Crippen LogP contribution is 2.14. The number of carbonyl (C=O) groups is 1. The predicted molar refractivity (Wildman–Crippen MR) is 113 cm³/mol. The molecule has 28 heavy (non-hydrogen) atoms. The van der Waals surface area contributed by atoms with E-state index in [1.807, 2.05) is 47.6 Å². The number of hydrogen-bond donors (Lipinski definition) is 0. The average molecular weight is 399 g/mol. The lowest BCUT2D eigenvalue weighted by Gasteiger charge is -2.32. The summed E-state index contributed by atoms with van der Waals surface area (Å²) in [5.41, 5.74) is 2.12. The van der Waals surface area contributed by atoms with Gasteiger partial charge in [-0.05, 0) is 36.1 Å². The third kappa shape index (κ3) is 6.69. The number of rotatable bonds is 8. The van der Waals surface area contributed by atoms with E-state index in [9.17, 15) is 4.79 Å². The second-order valence-electron chi connectivity index (χ2n) is 6.61. The molecular formula is C22H26N2O3S. The second-order valence-corrected chi connectivity index (χ2v) is 7.63. The fourth-order valence-electron chi connectivity index (χ4n) is 2.84. The Balaban J connectivity index is 1.36. The minimum atomic E-state index is -0.107. The van der Waals surface area contributed by atoms with E-state index in [0.717, 1.165) is 17.2 Å². The Kier molecular flexibility index (Phi) is 7.94. The van der Waals surface area contributed by atoms with Gasteiger partial charge in [0.05, 0.1) is 19.3 Å². The van der Waals surface area contributed by atoms with Gasteiger partial charge in [-0.1, -0.05) is 30.3 Å². The highest BCUT2D eigenvalue weighted by atomic mass is 32.2. The summed E-state index contributed by atoms with van der Waals surface area (Å²) in [5.74, 6) is 1.67. The van der Waals surface area contributed by atoms with Crippen molar-refractivity contribution in [1.29, 1.82) is 0 Å². The van der Waals surface area contributed by atoms with Crippen LogP contribution in [0.15, 0.2) is 54.1 Å². The Bertz CT molecular complexity index is 765. The smallest absolute Gasteiger partial charge is 0.223 e. The third-order valence-corrected chi connectivity index (χ3v) is 5.17. The van der Waals surface area contributed by atoms with Gasteiger partial charge in [0.2, 0.25) is 5.91 Å². The minimum Gasteiger partial charge on any atom is -0.489 e. The molecule has 1 atom stereocenters. The second kappa shape index (κ2) is 10.9. The van der Waals surface area contributed by atoms with E-state index in [-0.39, 0.29) is 12.0 Å². The molecule has 5 nitrogen and oxygen atoms in total. The molecule has 1 unspecified atom stereocenters. The monoisotopic (exact) mass is 398 g/mol. The molecule has 0 bridgehead atoms. The van der Waals surface area contributed by atoms with E-state index < -0.39 is 0 Å². The molecule has 1 saturated heterocycles. The predicted octanol–water partition coefficient (Wildman–Crippen LogP) is 3.79. The number of pyridine rings is 1. The lowest BCUT2D eigenvalue weighted by molar-refractivity contribution is -0.139. The van der Waals surface area contributed by atoms with Crippen LogP contribution in [0, 0.1) is 6.92 Å². The van der Waals surface area contributed by atoms with Gasteiger partial charge in [-0.25, -0.2) is 0 Å². The van der Waals surface area contributed by atoms with Gasteiger partial charge in [0.15, 0.2) is 0 Å². The van der Waals surface area contributed by atoms with Crippen LogP contribution >= 0.6 is 11.8 Å². The number of amides is 1. The largest absolute Gasteiger partial charge is 0.489 e. The standard InChI is InChI=1S/C22H26N2O3S/c1-18-7-8-20(15-23-18)27-17-21-16-24(11-12-26-21)22(25)10-14-28-13-9-19-5-3-2-4-6-19/h2-9,13,15,21H,10-12,14,16-17H2,1H3. The van der Waals surface area contributed by atoms with Crippen molar-refractivity contribution in [2.24, 2.45) is 0 Å². The molecule has 1 fully saturated rings. The van der Waals surface area contributed by atoms with Crippen LogP contribution < -0.4 is 4.74 Å². The first-order valence-corrected chi connectivity index (χ1v) is 10.5. The molecule has 1 aliphatic heterocycles. The first-order valence-electron chi connectivity index (χ1n) is 9.49. The molecule has 0 aliphatic carbocycles. The molecule has 0 N–H and O–H groups in total. The van der Waals surface area contributed by atoms with Crippen LogP contribution in [-0.4, -0.2) is 54.0 Å². The topological polar surface area (TPSA) is 51.7 Å². The molecule has 6 heteroatoms. The Hall–Kier alpha value is -2.31. The Morgan fingerprint density at radius 3 is 2.96 bits per heavy atom. The molecular weight excluding hydrogens is 372 g/mol. The van der Waals surface area contributed by atoms with Crippen LogP contribution in [-0.2, 0) is 9.53 Å². The van der Waals surface area contributed by atoms with E-state index in [4.69, 9.17) is 9.47 Å². The molecule has 0 radical (unpaired) electrons. The third-order valence-electron chi connectivity index (χ3n) is 4.40. The van der Waals surface area contributed by atoms with Crippen molar-refractivity contribution in [3.63, 3.8) is 0 Å². The van der Waals surface area contributed by atoms with Crippen molar-refractivity contribution in [2.45, 2.75) is 19.4 Å². The van der Waals surface area contributed by atoms with Crippen molar-refractivity contribution in [3.05, 3.63) is 65.3 Å². The summed E-state index contributed by atoms with van der Waals surface area (Å²) >= 11 is 1.66. The zero-order chi connectivity index (χ0) is 19.6. The maximum atomic E-state index is 12.5. The van der Waals surface area contributed by atoms with Crippen molar-refractivity contribution >= 4 is 23.7 Å². The summed E-state index contributed by atoms with van der Waals surface area (Å²) in [6.45, 7) is 4.12. The number of aromatic nitrogens is 1. The quantitative estimate of drug-likeness (QED) is 0.633. The van der Waals surface area contributed by atoms with E-state index in [1.54, 1.807) is 18.0 Å². The van der Waals surface area contributed by atoms with Gasteiger partial charge in [0.1, 0.15) is 18.5 Å². The summed E-state index contributed by atoms with van der Waals surface area (Å²) in [6, 6.07) is 14.0. The van der Waals surface area contributed by atoms with Gasteiger partial charge in [0, 0.05) is 24.4 Å². The molecule has 1 amide bonds. The van der Waals surface area contributed by atoms with E-state index in [1.165, 1.54) is 5.56 Å². The number of carbonyl (C=O) groups excluding carboxylic acids is 1. The number of thioether (sulfide) groups is 1. The normalized spacial score (nSPS) is 17.0. The number of benzene rings is 1. The van der Waals surface area contributed by atoms with Crippen LogP contribution in [0.25, 0.3) is 6.08 Å². The van der Waals surface area contributed by atoms with Crippen molar-refractivity contribution in [1.82, 2.24) is 9.88 Å². The van der Waals surface area contributed by atoms with Crippen molar-refractivity contribution in [3.8, 4) is 5.75 Å². The fourth-order valence-corrected chi connectivity index (χ4v) is 3.52. The average Bonchev–Trinajstić information content (AvgIpc) is 2.74. The highest BCUT2D eigenvalue weighted by molar-refractivity contribution is 8.02. The first kappa shape index (κ1) is 20.4. The van der Waals surface area contributed by atoms with Gasteiger partial charge < -0.3 is 14.4 Å². The Morgan fingerprint density at radius 1 is 1.32 bits per heavy atom. The first-order chi connectivity index (χ1) is 13.7. The zero-order valence-corrected chi connectivity index (χ0v) is 16.9. The van der Waals surface area contributed by atoms with Gasteiger partial charge >= 0.3 is 0 Å². The van der Waals surface area contributed by atoms with Crippen LogP contribution in [0.3, 0.4) is 0 Å². The number of nitrogens with zero attached hydrogens (tertiary/aromatic N) is 2. The molecule has 2 heterocycles. The lowest BCUT2D eigenvalue weighted by atomic mass is 10.2. The maximum absolute atomic E-state index is 12.5. The van der Waals surface area contributed by atoms with Gasteiger partial charge in [-0.2, -0.15) is 0 Å². The van der Waals surface area contributed by atoms with Crippen molar-refractivity contribution < 1.29 is 14.3 Å². The van der Waals surface area contributed by atoms with Gasteiger partial charge in [-0.3, -0.25) is 9.78 Å². The van der Waals surface area contributed by atoms with Crippen LogP contribution in [0.5, 0.6) is 5.75 Å². The molecule has 0 saturated carbocycles.